The minimum Gasteiger partial charge on any atom is -0.298 e. The quantitative estimate of drug-likeness (QED) is 0.439. The number of aromatic nitrogens is 1. The summed E-state index contributed by atoms with van der Waals surface area (Å²) in [6, 6.07) is 25.3. The second-order valence-corrected chi connectivity index (χ2v) is 7.24. The van der Waals surface area contributed by atoms with Crippen molar-refractivity contribution in [2.75, 3.05) is 5.32 Å². The number of hydrogen-bond acceptors (Lipinski definition) is 3. The summed E-state index contributed by atoms with van der Waals surface area (Å²) < 4.78 is 0. The van der Waals surface area contributed by atoms with E-state index in [1.807, 2.05) is 35.7 Å². The van der Waals surface area contributed by atoms with Crippen molar-refractivity contribution in [3.8, 4) is 22.4 Å². The van der Waals surface area contributed by atoms with Crippen LogP contribution in [0.2, 0.25) is 5.02 Å². The molecule has 3 nitrogen and oxygen atoms in total. The molecule has 1 N–H and O–H groups in total. The summed E-state index contributed by atoms with van der Waals surface area (Å²) in [6.45, 7) is 0. The van der Waals surface area contributed by atoms with E-state index in [0.29, 0.717) is 15.7 Å². The van der Waals surface area contributed by atoms with Gasteiger partial charge >= 0.3 is 0 Å². The number of hydrogen-bond donors (Lipinski definition) is 1. The third-order valence-corrected chi connectivity index (χ3v) is 5.09. The first-order valence-electron chi connectivity index (χ1n) is 8.37. The molecule has 0 spiro atoms. The summed E-state index contributed by atoms with van der Waals surface area (Å²) in [5.41, 5.74) is 4.68. The van der Waals surface area contributed by atoms with Crippen molar-refractivity contribution in [1.82, 2.24) is 4.98 Å². The largest absolute Gasteiger partial charge is 0.298 e. The van der Waals surface area contributed by atoms with Crippen molar-refractivity contribution in [1.29, 1.82) is 0 Å². The molecule has 1 amide bonds. The Hall–Kier alpha value is -2.95. The molecule has 0 radical (unpaired) electrons. The molecule has 0 aliphatic heterocycles. The summed E-state index contributed by atoms with van der Waals surface area (Å²) in [7, 11) is 0. The molecule has 27 heavy (non-hydrogen) atoms. The van der Waals surface area contributed by atoms with Crippen LogP contribution in [0, 0.1) is 0 Å². The molecule has 4 aromatic rings. The van der Waals surface area contributed by atoms with Crippen LogP contribution in [0.3, 0.4) is 0 Å². The van der Waals surface area contributed by atoms with Gasteiger partial charge in [-0.2, -0.15) is 0 Å². The molecule has 0 atom stereocenters. The summed E-state index contributed by atoms with van der Waals surface area (Å²) in [6.07, 6.45) is 0. The number of nitrogens with one attached hydrogen (secondary N) is 1. The lowest BCUT2D eigenvalue weighted by Gasteiger charge is -2.03. The van der Waals surface area contributed by atoms with Crippen LogP contribution in [0.5, 0.6) is 0 Å². The van der Waals surface area contributed by atoms with E-state index >= 15 is 0 Å². The highest BCUT2D eigenvalue weighted by Gasteiger charge is 2.10. The lowest BCUT2D eigenvalue weighted by molar-refractivity contribution is 0.102. The maximum absolute atomic E-state index is 12.3. The monoisotopic (exact) mass is 390 g/mol. The number of rotatable bonds is 4. The van der Waals surface area contributed by atoms with Crippen LogP contribution < -0.4 is 5.32 Å². The molecule has 0 aliphatic rings. The van der Waals surface area contributed by atoms with Gasteiger partial charge in [0.25, 0.3) is 5.91 Å². The van der Waals surface area contributed by atoms with Crippen molar-refractivity contribution in [3.63, 3.8) is 0 Å². The van der Waals surface area contributed by atoms with Gasteiger partial charge in [0.15, 0.2) is 5.13 Å². The Morgan fingerprint density at radius 1 is 0.852 bits per heavy atom. The van der Waals surface area contributed by atoms with E-state index in [4.69, 9.17) is 11.6 Å². The third-order valence-electron chi connectivity index (χ3n) is 4.10. The second-order valence-electron chi connectivity index (χ2n) is 5.95. The molecule has 0 bridgehead atoms. The Morgan fingerprint density at radius 3 is 2.30 bits per heavy atom. The Kier molecular flexibility index (Phi) is 5.01. The van der Waals surface area contributed by atoms with Crippen molar-refractivity contribution < 1.29 is 4.79 Å². The molecule has 5 heteroatoms. The summed E-state index contributed by atoms with van der Waals surface area (Å²) in [5.74, 6) is -0.224. The van der Waals surface area contributed by atoms with Gasteiger partial charge in [0, 0.05) is 21.5 Å². The standard InChI is InChI=1S/C22H15ClN2OS/c23-19-8-4-7-18(13-19)21(26)25-22-24-20(14-27-22)17-11-9-16(10-12-17)15-5-2-1-3-6-15/h1-14H,(H,24,25,26). The smallest absolute Gasteiger partial charge is 0.257 e. The van der Waals surface area contributed by atoms with Crippen molar-refractivity contribution >= 4 is 34.0 Å². The predicted molar refractivity (Wildman–Crippen MR) is 112 cm³/mol. The molecule has 3 aromatic carbocycles. The van der Waals surface area contributed by atoms with Crippen LogP contribution in [-0.4, -0.2) is 10.9 Å². The summed E-state index contributed by atoms with van der Waals surface area (Å²) >= 11 is 7.34. The minimum atomic E-state index is -0.224. The maximum Gasteiger partial charge on any atom is 0.257 e. The van der Waals surface area contributed by atoms with Gasteiger partial charge in [-0.1, -0.05) is 72.3 Å². The number of amides is 1. The molecule has 0 unspecified atom stereocenters. The normalized spacial score (nSPS) is 10.6. The molecule has 4 rings (SSSR count). The number of carbonyl (C=O) groups is 1. The van der Waals surface area contributed by atoms with E-state index in [2.05, 4.69) is 34.6 Å². The van der Waals surface area contributed by atoms with Crippen molar-refractivity contribution in [3.05, 3.63) is 94.8 Å². The number of benzene rings is 3. The van der Waals surface area contributed by atoms with Crippen molar-refractivity contribution in [2.24, 2.45) is 0 Å². The van der Waals surface area contributed by atoms with Crippen LogP contribution in [0.25, 0.3) is 22.4 Å². The van der Waals surface area contributed by atoms with E-state index in [1.165, 1.54) is 16.9 Å². The first kappa shape index (κ1) is 17.5. The number of carbonyl (C=O) groups excluding carboxylic acids is 1. The number of nitrogens with zero attached hydrogens (tertiary/aromatic N) is 1. The van der Waals surface area contributed by atoms with Crippen LogP contribution in [0.1, 0.15) is 10.4 Å². The fraction of sp³-hybridized carbons (Fsp3) is 0. The van der Waals surface area contributed by atoms with Crippen LogP contribution >= 0.6 is 22.9 Å². The Morgan fingerprint density at radius 2 is 1.56 bits per heavy atom. The lowest BCUT2D eigenvalue weighted by Crippen LogP contribution is -2.11. The molecule has 132 valence electrons. The summed E-state index contributed by atoms with van der Waals surface area (Å²) in [5, 5.41) is 5.84. The third kappa shape index (κ3) is 4.08. The Labute approximate surface area is 166 Å². The first-order chi connectivity index (χ1) is 13.2. The van der Waals surface area contributed by atoms with Crippen LogP contribution in [-0.2, 0) is 0 Å². The second kappa shape index (κ2) is 7.74. The molecule has 0 fully saturated rings. The van der Waals surface area contributed by atoms with Gasteiger partial charge in [-0.05, 0) is 29.3 Å². The predicted octanol–water partition coefficient (Wildman–Crippen LogP) is 6.38. The van der Waals surface area contributed by atoms with Gasteiger partial charge in [-0.3, -0.25) is 10.1 Å². The molecule has 0 saturated carbocycles. The molecule has 0 saturated heterocycles. The molecular formula is C22H15ClN2OS. The average molecular weight is 391 g/mol. The zero-order valence-corrected chi connectivity index (χ0v) is 15.8. The van der Waals surface area contributed by atoms with E-state index in [0.717, 1.165) is 16.8 Å². The van der Waals surface area contributed by atoms with E-state index < -0.39 is 0 Å². The van der Waals surface area contributed by atoms with Gasteiger partial charge in [-0.25, -0.2) is 4.98 Å². The van der Waals surface area contributed by atoms with Gasteiger partial charge in [-0.15, -0.1) is 11.3 Å². The molecule has 1 aromatic heterocycles. The van der Waals surface area contributed by atoms with Gasteiger partial charge in [0.05, 0.1) is 5.69 Å². The zero-order valence-electron chi connectivity index (χ0n) is 14.2. The maximum atomic E-state index is 12.3. The Balaban J connectivity index is 1.50. The van der Waals surface area contributed by atoms with Gasteiger partial charge in [0.2, 0.25) is 0 Å². The fourth-order valence-electron chi connectivity index (χ4n) is 2.73. The highest BCUT2D eigenvalue weighted by Crippen LogP contribution is 2.28. The highest BCUT2D eigenvalue weighted by molar-refractivity contribution is 7.14. The first-order valence-corrected chi connectivity index (χ1v) is 9.63. The van der Waals surface area contributed by atoms with Crippen LogP contribution in [0.15, 0.2) is 84.2 Å². The number of thiazole rings is 1. The molecular weight excluding hydrogens is 376 g/mol. The van der Waals surface area contributed by atoms with E-state index in [-0.39, 0.29) is 5.91 Å². The fourth-order valence-corrected chi connectivity index (χ4v) is 3.63. The van der Waals surface area contributed by atoms with Gasteiger partial charge < -0.3 is 0 Å². The number of halogens is 1. The SMILES string of the molecule is O=C(Nc1nc(-c2ccc(-c3ccccc3)cc2)cs1)c1cccc(Cl)c1. The molecule has 1 heterocycles. The zero-order chi connectivity index (χ0) is 18.6. The lowest BCUT2D eigenvalue weighted by atomic mass is 10.0. The van der Waals surface area contributed by atoms with Crippen molar-refractivity contribution in [2.45, 2.75) is 0 Å². The number of anilines is 1. The van der Waals surface area contributed by atoms with Crippen LogP contribution in [0.4, 0.5) is 5.13 Å². The highest BCUT2D eigenvalue weighted by atomic mass is 35.5. The average Bonchev–Trinajstić information content (AvgIpc) is 3.17. The minimum absolute atomic E-state index is 0.224. The summed E-state index contributed by atoms with van der Waals surface area (Å²) in [4.78, 5) is 16.8. The topological polar surface area (TPSA) is 42.0 Å². The van der Waals surface area contributed by atoms with E-state index in [1.54, 1.807) is 24.3 Å². The van der Waals surface area contributed by atoms with Gasteiger partial charge in [0.1, 0.15) is 0 Å². The Bertz CT molecular complexity index is 1070. The van der Waals surface area contributed by atoms with E-state index in [9.17, 15) is 4.79 Å². The molecule has 0 aliphatic carbocycles.